The van der Waals surface area contributed by atoms with Gasteiger partial charge in [-0.1, -0.05) is 11.6 Å². The lowest BCUT2D eigenvalue weighted by Gasteiger charge is -2.39. The van der Waals surface area contributed by atoms with Crippen LogP contribution in [0.1, 0.15) is 82.2 Å². The van der Waals surface area contributed by atoms with Crippen molar-refractivity contribution in [3.63, 3.8) is 0 Å². The fourth-order valence-electron chi connectivity index (χ4n) is 10.0. The summed E-state index contributed by atoms with van der Waals surface area (Å²) < 4.78 is 0. The third-order valence-electron chi connectivity index (χ3n) is 13.3. The summed E-state index contributed by atoms with van der Waals surface area (Å²) in [5.74, 6) is -1.36. The average Bonchev–Trinajstić information content (AvgIpc) is 3.92. The van der Waals surface area contributed by atoms with Gasteiger partial charge in [-0.05, 0) is 93.0 Å². The van der Waals surface area contributed by atoms with E-state index in [2.05, 4.69) is 48.1 Å². The van der Waals surface area contributed by atoms with Crippen LogP contribution in [-0.2, 0) is 9.59 Å². The number of nitrogens with one attached hydrogen (secondary N) is 1. The molecule has 15 nitrogen and oxygen atoms in total. The Hall–Kier alpha value is -5.59. The Morgan fingerprint density at radius 1 is 0.862 bits per heavy atom. The summed E-state index contributed by atoms with van der Waals surface area (Å²) in [7, 11) is 0. The Morgan fingerprint density at radius 3 is 2.33 bits per heavy atom. The molecule has 6 aliphatic rings. The molecule has 3 aromatic rings. The predicted molar refractivity (Wildman–Crippen MR) is 215 cm³/mol. The number of fused-ring (bicyclic) bond motifs is 1. The van der Waals surface area contributed by atoms with Crippen molar-refractivity contribution < 1.29 is 24.0 Å². The number of hydrogen-bond acceptors (Lipinski definition) is 12. The van der Waals surface area contributed by atoms with Gasteiger partial charge in [0.05, 0.1) is 21.7 Å². The fourth-order valence-corrected chi connectivity index (χ4v) is 10.2. The minimum absolute atomic E-state index is 0.0780. The van der Waals surface area contributed by atoms with Crippen LogP contribution in [0.15, 0.2) is 48.5 Å². The van der Waals surface area contributed by atoms with Crippen LogP contribution >= 0.6 is 11.6 Å². The van der Waals surface area contributed by atoms with Crippen LogP contribution in [0.25, 0.3) is 0 Å². The molecule has 0 bridgehead atoms. The number of piperidine rings is 2. The van der Waals surface area contributed by atoms with E-state index in [-0.39, 0.29) is 41.3 Å². The van der Waals surface area contributed by atoms with Gasteiger partial charge in [0.1, 0.15) is 12.1 Å². The Balaban J connectivity index is 0.754. The Kier molecular flexibility index (Phi) is 9.80. The molecule has 1 spiro atoms. The number of aromatic nitrogens is 2. The van der Waals surface area contributed by atoms with Crippen molar-refractivity contribution in [1.82, 2.24) is 30.2 Å². The van der Waals surface area contributed by atoms with Gasteiger partial charge in [-0.3, -0.25) is 39.1 Å². The molecular weight excluding hydrogens is 760 g/mol. The number of hydrogen-bond donors (Lipinski definition) is 1. The van der Waals surface area contributed by atoms with Gasteiger partial charge in [0.2, 0.25) is 11.8 Å². The number of piperazine rings is 1. The Morgan fingerprint density at radius 2 is 1.62 bits per heavy atom. The molecule has 9 rings (SSSR count). The smallest absolute Gasteiger partial charge is 0.274 e. The monoisotopic (exact) mass is 804 g/mol. The maximum absolute atomic E-state index is 13.6. The summed E-state index contributed by atoms with van der Waals surface area (Å²) in [5, 5.41) is 20.9. The maximum atomic E-state index is 13.6. The second-order valence-electron chi connectivity index (χ2n) is 16.6. The maximum Gasteiger partial charge on any atom is 0.274 e. The SMILES string of the molecule is C[C@H]1CC2(CCN(c3ccc(C(=O)N4CC[C@@H](N5CCN(c6ccc7c(c6)C(=O)N(C6CCC(=O)NC6=O)C7=O)CC5)C4)nn3)CC2)CN1c1ccc(C#N)c(Cl)c1. The summed E-state index contributed by atoms with van der Waals surface area (Å²) in [6, 6.07) is 16.4. The first kappa shape index (κ1) is 38.0. The van der Waals surface area contributed by atoms with Crippen LogP contribution in [0.5, 0.6) is 0 Å². The number of carbonyl (C=O) groups excluding carboxylic acids is 5. The standard InChI is InChI=1S/C42H45ClN10O5/c1-26-22-42(25-52(26)29-3-2-27(23-44)33(43)21-29)11-14-50(15-12-42)36-8-6-34(46-47-36)41(58)51-13-10-30(24-51)49-18-16-48(17-19-49)28-4-5-31-32(20-28)40(57)53(39(31)56)35-7-9-37(54)45-38(35)55/h2-6,8,20-21,26,30,35H,7,9-19,22,24-25H2,1H3,(H,45,54,55)/t26-,30+,35?/m0/s1. The number of nitriles is 1. The van der Waals surface area contributed by atoms with Gasteiger partial charge < -0.3 is 19.6 Å². The normalized spacial score (nSPS) is 24.8. The molecule has 3 atom stereocenters. The Bertz CT molecular complexity index is 2230. The summed E-state index contributed by atoms with van der Waals surface area (Å²) in [4.78, 5) is 76.3. The number of anilines is 3. The van der Waals surface area contributed by atoms with E-state index >= 15 is 0 Å². The van der Waals surface area contributed by atoms with Gasteiger partial charge >= 0.3 is 0 Å². The van der Waals surface area contributed by atoms with Crippen LogP contribution in [0.4, 0.5) is 17.2 Å². The molecule has 300 valence electrons. The lowest BCUT2D eigenvalue weighted by atomic mass is 9.77. The molecule has 1 unspecified atom stereocenters. The molecule has 5 saturated heterocycles. The number of imide groups is 2. The molecule has 1 N–H and O–H groups in total. The lowest BCUT2D eigenvalue weighted by Crippen LogP contribution is -2.54. The number of nitrogens with zero attached hydrogens (tertiary/aromatic N) is 9. The van der Waals surface area contributed by atoms with E-state index in [4.69, 9.17) is 11.6 Å². The summed E-state index contributed by atoms with van der Waals surface area (Å²) in [6.45, 7) is 9.21. The Labute approximate surface area is 341 Å². The van der Waals surface area contributed by atoms with Gasteiger partial charge in [0, 0.05) is 88.8 Å². The highest BCUT2D eigenvalue weighted by Gasteiger charge is 2.46. The number of halogens is 1. The van der Waals surface area contributed by atoms with Crippen LogP contribution < -0.4 is 20.0 Å². The second kappa shape index (κ2) is 15.0. The molecule has 0 aliphatic carbocycles. The van der Waals surface area contributed by atoms with Crippen molar-refractivity contribution in [3.8, 4) is 6.07 Å². The molecule has 2 aromatic carbocycles. The molecule has 0 radical (unpaired) electrons. The molecule has 1 aromatic heterocycles. The average molecular weight is 805 g/mol. The van der Waals surface area contributed by atoms with E-state index in [0.29, 0.717) is 35.4 Å². The number of rotatable bonds is 6. The van der Waals surface area contributed by atoms with Crippen molar-refractivity contribution in [2.24, 2.45) is 5.41 Å². The van der Waals surface area contributed by atoms with E-state index in [1.807, 2.05) is 29.2 Å². The molecular formula is C42H45ClN10O5. The van der Waals surface area contributed by atoms with Crippen molar-refractivity contribution in [2.45, 2.75) is 63.6 Å². The second-order valence-corrected chi connectivity index (χ2v) is 17.0. The number of benzene rings is 2. The van der Waals surface area contributed by atoms with Crippen LogP contribution in [0, 0.1) is 16.7 Å². The minimum Gasteiger partial charge on any atom is -0.369 e. The van der Waals surface area contributed by atoms with E-state index in [9.17, 15) is 29.2 Å². The lowest BCUT2D eigenvalue weighted by molar-refractivity contribution is -0.136. The summed E-state index contributed by atoms with van der Waals surface area (Å²) in [5.41, 5.74) is 3.49. The number of likely N-dealkylation sites (tertiary alicyclic amines) is 1. The van der Waals surface area contributed by atoms with Gasteiger partial charge in [-0.15, -0.1) is 10.2 Å². The first-order valence-corrected chi connectivity index (χ1v) is 20.6. The van der Waals surface area contributed by atoms with Crippen molar-refractivity contribution >= 4 is 58.3 Å². The van der Waals surface area contributed by atoms with E-state index in [1.54, 1.807) is 24.3 Å². The molecule has 5 fully saturated rings. The third kappa shape index (κ3) is 6.81. The minimum atomic E-state index is -0.993. The van der Waals surface area contributed by atoms with Crippen LogP contribution in [0.2, 0.25) is 5.02 Å². The van der Waals surface area contributed by atoms with Gasteiger partial charge in [-0.25, -0.2) is 0 Å². The summed E-state index contributed by atoms with van der Waals surface area (Å²) in [6.07, 6.45) is 4.22. The largest absolute Gasteiger partial charge is 0.369 e. The highest BCUT2D eigenvalue weighted by atomic mass is 35.5. The zero-order chi connectivity index (χ0) is 40.3. The zero-order valence-electron chi connectivity index (χ0n) is 32.4. The third-order valence-corrected chi connectivity index (χ3v) is 13.6. The topological polar surface area (TPSA) is 166 Å². The molecule has 58 heavy (non-hydrogen) atoms. The van der Waals surface area contributed by atoms with Gasteiger partial charge in [-0.2, -0.15) is 5.26 Å². The van der Waals surface area contributed by atoms with Crippen LogP contribution in [0.3, 0.4) is 0 Å². The van der Waals surface area contributed by atoms with Crippen molar-refractivity contribution in [3.05, 3.63) is 75.9 Å². The van der Waals surface area contributed by atoms with Crippen LogP contribution in [-0.4, -0.2) is 131 Å². The highest BCUT2D eigenvalue weighted by Crippen LogP contribution is 2.46. The first-order chi connectivity index (χ1) is 28.0. The molecule has 6 aliphatic heterocycles. The number of carbonyl (C=O) groups is 5. The van der Waals surface area contributed by atoms with E-state index in [0.717, 1.165) is 93.6 Å². The van der Waals surface area contributed by atoms with E-state index in [1.165, 1.54) is 0 Å². The first-order valence-electron chi connectivity index (χ1n) is 20.2. The molecule has 7 heterocycles. The molecule has 16 heteroatoms. The zero-order valence-corrected chi connectivity index (χ0v) is 33.2. The fraction of sp³-hybridized carbons (Fsp3) is 0.476. The molecule has 0 saturated carbocycles. The van der Waals surface area contributed by atoms with Crippen molar-refractivity contribution in [2.75, 3.05) is 73.6 Å². The van der Waals surface area contributed by atoms with Gasteiger partial charge in [0.15, 0.2) is 11.5 Å². The quantitative estimate of drug-likeness (QED) is 0.362. The van der Waals surface area contributed by atoms with E-state index < -0.39 is 29.7 Å². The molecule has 5 amide bonds. The van der Waals surface area contributed by atoms with Crippen molar-refractivity contribution in [1.29, 1.82) is 5.26 Å². The number of amides is 5. The predicted octanol–water partition coefficient (Wildman–Crippen LogP) is 3.32. The summed E-state index contributed by atoms with van der Waals surface area (Å²) >= 11 is 6.37. The van der Waals surface area contributed by atoms with Gasteiger partial charge in [0.25, 0.3) is 17.7 Å². The highest BCUT2D eigenvalue weighted by molar-refractivity contribution is 6.32.